The van der Waals surface area contributed by atoms with E-state index in [4.69, 9.17) is 26.1 Å². The standard InChI is InChI=1S/C28H33ClN6O4/c1-28(37)10-17-13-38-14-18(11-28)35(17)27-30-12-20(29)25(33-27)31-16-5-6-22-19(9-16)23-24(26(36)34(22)2)39-8-7-21(32-23)15-3-4-15/h5-6,9,12,15,17-18,21,32,37H,3-4,7-8,10-11,13-14H2,1-2H3,(H,30,31,33)/t17-,18+,21-,28-/m1/s1. The van der Waals surface area contributed by atoms with Crippen LogP contribution in [0.4, 0.5) is 23.1 Å². The number of fused-ring (bicyclic) bond motifs is 5. The van der Waals surface area contributed by atoms with Crippen LogP contribution in [0.25, 0.3) is 10.9 Å². The maximum Gasteiger partial charge on any atom is 0.295 e. The molecule has 2 aromatic heterocycles. The van der Waals surface area contributed by atoms with Gasteiger partial charge in [-0.15, -0.1) is 0 Å². The van der Waals surface area contributed by atoms with Crippen LogP contribution in [0.15, 0.2) is 29.2 Å². The van der Waals surface area contributed by atoms with Crippen molar-refractivity contribution < 1.29 is 14.6 Å². The van der Waals surface area contributed by atoms with Crippen molar-refractivity contribution in [1.82, 2.24) is 14.5 Å². The number of hydrogen-bond acceptors (Lipinski definition) is 9. The lowest BCUT2D eigenvalue weighted by atomic mass is 9.83. The van der Waals surface area contributed by atoms with Crippen molar-refractivity contribution in [3.05, 3.63) is 39.8 Å². The number of rotatable bonds is 4. The van der Waals surface area contributed by atoms with Crippen molar-refractivity contribution in [2.75, 3.05) is 35.4 Å². The number of aliphatic hydroxyl groups is 1. The number of nitrogens with zero attached hydrogens (tertiary/aromatic N) is 4. The molecule has 3 aromatic rings. The third kappa shape index (κ3) is 4.48. The van der Waals surface area contributed by atoms with Crippen molar-refractivity contribution in [3.63, 3.8) is 0 Å². The van der Waals surface area contributed by atoms with Crippen LogP contribution in [0.1, 0.15) is 39.0 Å². The Balaban J connectivity index is 1.24. The molecule has 2 bridgehead atoms. The molecule has 0 spiro atoms. The molecule has 0 amide bonds. The van der Waals surface area contributed by atoms with E-state index in [9.17, 15) is 9.90 Å². The van der Waals surface area contributed by atoms with Gasteiger partial charge in [0.25, 0.3) is 5.56 Å². The van der Waals surface area contributed by atoms with Crippen LogP contribution in [0.5, 0.6) is 5.75 Å². The molecule has 206 valence electrons. The SMILES string of the molecule is Cn1c(=O)c2c(c3cc(Nc4nc(N5[C@@H]6COC[C@H]5C[C@@](C)(O)C6)ncc4Cl)ccc31)N[C@@H](C1CC1)CCO2. The zero-order valence-electron chi connectivity index (χ0n) is 22.1. The van der Waals surface area contributed by atoms with Gasteiger partial charge in [0.1, 0.15) is 5.02 Å². The van der Waals surface area contributed by atoms with Crippen LogP contribution >= 0.6 is 11.6 Å². The summed E-state index contributed by atoms with van der Waals surface area (Å²) in [5.41, 5.74) is 1.49. The molecule has 39 heavy (non-hydrogen) atoms. The number of nitrogens with one attached hydrogen (secondary N) is 2. The number of aromatic nitrogens is 3. The predicted octanol–water partition coefficient (Wildman–Crippen LogP) is 3.82. The van der Waals surface area contributed by atoms with Gasteiger partial charge in [-0.05, 0) is 56.7 Å². The molecule has 1 saturated carbocycles. The van der Waals surface area contributed by atoms with Gasteiger partial charge in [-0.1, -0.05) is 11.6 Å². The molecule has 3 aliphatic heterocycles. The number of anilines is 4. The fraction of sp³-hybridized carbons (Fsp3) is 0.536. The zero-order valence-corrected chi connectivity index (χ0v) is 22.9. The third-order valence-electron chi connectivity index (χ3n) is 8.53. The Kier molecular flexibility index (Phi) is 5.91. The van der Waals surface area contributed by atoms with Crippen LogP contribution in [0, 0.1) is 5.92 Å². The largest absolute Gasteiger partial charge is 0.486 e. The summed E-state index contributed by atoms with van der Waals surface area (Å²) in [5.74, 6) is 2.06. The van der Waals surface area contributed by atoms with Crippen LogP contribution in [0.2, 0.25) is 5.02 Å². The lowest BCUT2D eigenvalue weighted by Crippen LogP contribution is -2.61. The van der Waals surface area contributed by atoms with Crippen molar-refractivity contribution in [2.24, 2.45) is 13.0 Å². The van der Waals surface area contributed by atoms with Gasteiger partial charge in [-0.2, -0.15) is 4.98 Å². The number of pyridine rings is 1. The van der Waals surface area contributed by atoms with Gasteiger partial charge in [0.15, 0.2) is 5.82 Å². The first-order chi connectivity index (χ1) is 18.8. The summed E-state index contributed by atoms with van der Waals surface area (Å²) >= 11 is 6.56. The highest BCUT2D eigenvalue weighted by Crippen LogP contribution is 2.42. The summed E-state index contributed by atoms with van der Waals surface area (Å²) in [7, 11) is 1.77. The van der Waals surface area contributed by atoms with E-state index in [1.54, 1.807) is 17.8 Å². The minimum absolute atomic E-state index is 0.00979. The van der Waals surface area contributed by atoms with Crippen LogP contribution in [-0.2, 0) is 11.8 Å². The number of benzene rings is 1. The number of ether oxygens (including phenoxy) is 2. The summed E-state index contributed by atoms with van der Waals surface area (Å²) in [6, 6.07) is 6.14. The summed E-state index contributed by atoms with van der Waals surface area (Å²) in [4.78, 5) is 24.7. The first-order valence-corrected chi connectivity index (χ1v) is 14.1. The second-order valence-electron chi connectivity index (χ2n) is 11.7. The lowest BCUT2D eigenvalue weighted by Gasteiger charge is -2.50. The Labute approximate surface area is 231 Å². The number of aryl methyl sites for hydroxylation is 1. The second kappa shape index (κ2) is 9.25. The zero-order chi connectivity index (χ0) is 26.9. The fourth-order valence-corrected chi connectivity index (χ4v) is 6.66. The van der Waals surface area contributed by atoms with Crippen LogP contribution in [-0.4, -0.2) is 63.2 Å². The van der Waals surface area contributed by atoms with Crippen molar-refractivity contribution in [1.29, 1.82) is 0 Å². The molecule has 7 rings (SSSR count). The minimum atomic E-state index is -0.734. The molecule has 1 aromatic carbocycles. The molecule has 1 aliphatic carbocycles. The smallest absolute Gasteiger partial charge is 0.295 e. The molecular weight excluding hydrogens is 520 g/mol. The van der Waals surface area contributed by atoms with E-state index in [0.29, 0.717) is 67.2 Å². The predicted molar refractivity (Wildman–Crippen MR) is 150 cm³/mol. The van der Waals surface area contributed by atoms with Crippen molar-refractivity contribution in [3.8, 4) is 5.75 Å². The number of halogens is 1. The summed E-state index contributed by atoms with van der Waals surface area (Å²) in [6.45, 7) is 3.45. The van der Waals surface area contributed by atoms with E-state index in [0.717, 1.165) is 28.7 Å². The van der Waals surface area contributed by atoms with Gasteiger partial charge in [-0.3, -0.25) is 4.79 Å². The van der Waals surface area contributed by atoms with E-state index in [1.165, 1.54) is 12.8 Å². The molecule has 10 nitrogen and oxygen atoms in total. The molecule has 11 heteroatoms. The first kappa shape index (κ1) is 24.9. The topological polar surface area (TPSA) is 114 Å². The van der Waals surface area contributed by atoms with Crippen LogP contribution < -0.4 is 25.8 Å². The van der Waals surface area contributed by atoms with Gasteiger partial charge in [0.2, 0.25) is 11.7 Å². The summed E-state index contributed by atoms with van der Waals surface area (Å²) < 4.78 is 13.4. The highest BCUT2D eigenvalue weighted by Gasteiger charge is 2.45. The lowest BCUT2D eigenvalue weighted by molar-refractivity contribution is -0.0501. The van der Waals surface area contributed by atoms with Gasteiger partial charge < -0.3 is 34.7 Å². The van der Waals surface area contributed by atoms with E-state index >= 15 is 0 Å². The molecule has 3 N–H and O–H groups in total. The highest BCUT2D eigenvalue weighted by molar-refractivity contribution is 6.33. The summed E-state index contributed by atoms with van der Waals surface area (Å²) in [5, 5.41) is 19.1. The second-order valence-corrected chi connectivity index (χ2v) is 12.1. The van der Waals surface area contributed by atoms with Crippen molar-refractivity contribution >= 4 is 45.6 Å². The normalized spacial score (nSPS) is 28.3. The summed E-state index contributed by atoms with van der Waals surface area (Å²) in [6.07, 6.45) is 6.08. The monoisotopic (exact) mass is 552 g/mol. The maximum absolute atomic E-state index is 13.1. The number of morpholine rings is 1. The van der Waals surface area contributed by atoms with E-state index in [1.807, 2.05) is 25.1 Å². The quantitative estimate of drug-likeness (QED) is 0.444. The fourth-order valence-electron chi connectivity index (χ4n) is 6.52. The Bertz CT molecular complexity index is 1490. The average molecular weight is 553 g/mol. The maximum atomic E-state index is 13.1. The molecular formula is C28H33ClN6O4. The molecule has 5 heterocycles. The van der Waals surface area contributed by atoms with E-state index in [2.05, 4.69) is 20.5 Å². The first-order valence-electron chi connectivity index (χ1n) is 13.7. The molecule has 4 aliphatic rings. The van der Waals surface area contributed by atoms with Gasteiger partial charge in [0.05, 0.1) is 54.9 Å². The molecule has 2 saturated heterocycles. The van der Waals surface area contributed by atoms with E-state index < -0.39 is 5.60 Å². The number of piperidine rings is 1. The molecule has 0 unspecified atom stereocenters. The molecule has 4 atom stereocenters. The Hall–Kier alpha value is -3.08. The van der Waals surface area contributed by atoms with Crippen LogP contribution in [0.3, 0.4) is 0 Å². The van der Waals surface area contributed by atoms with E-state index in [-0.39, 0.29) is 17.6 Å². The average Bonchev–Trinajstić information content (AvgIpc) is 3.74. The molecule has 3 fully saturated rings. The van der Waals surface area contributed by atoms with Gasteiger partial charge in [0, 0.05) is 30.6 Å². The minimum Gasteiger partial charge on any atom is -0.486 e. The number of hydrogen-bond donors (Lipinski definition) is 3. The van der Waals surface area contributed by atoms with Gasteiger partial charge in [-0.25, -0.2) is 4.98 Å². The van der Waals surface area contributed by atoms with Gasteiger partial charge >= 0.3 is 0 Å². The van der Waals surface area contributed by atoms with Crippen molar-refractivity contribution in [2.45, 2.75) is 62.8 Å². The highest BCUT2D eigenvalue weighted by atomic mass is 35.5. The Morgan fingerprint density at radius 1 is 1.21 bits per heavy atom. The Morgan fingerprint density at radius 2 is 1.97 bits per heavy atom. The Morgan fingerprint density at radius 3 is 2.72 bits per heavy atom. The molecule has 0 radical (unpaired) electrons. The third-order valence-corrected chi connectivity index (χ3v) is 8.81.